The fourth-order valence-corrected chi connectivity index (χ4v) is 2.95. The Labute approximate surface area is 137 Å². The third-order valence-electron chi connectivity index (χ3n) is 3.13. The number of anilines is 2. The summed E-state index contributed by atoms with van der Waals surface area (Å²) < 4.78 is 1.73. The van der Waals surface area contributed by atoms with Gasteiger partial charge in [0.1, 0.15) is 0 Å². The lowest BCUT2D eigenvalue weighted by molar-refractivity contribution is -0.114. The lowest BCUT2D eigenvalue weighted by Gasteiger charge is -2.03. The summed E-state index contributed by atoms with van der Waals surface area (Å²) in [4.78, 5) is 16.5. The van der Waals surface area contributed by atoms with Crippen LogP contribution in [0.4, 0.5) is 10.8 Å². The molecule has 0 spiro atoms. The quantitative estimate of drug-likeness (QED) is 0.602. The van der Waals surface area contributed by atoms with Gasteiger partial charge in [0.05, 0.1) is 11.9 Å². The summed E-state index contributed by atoms with van der Waals surface area (Å²) in [7, 11) is 0. The van der Waals surface area contributed by atoms with E-state index in [0.717, 1.165) is 27.0 Å². The van der Waals surface area contributed by atoms with Crippen molar-refractivity contribution in [1.82, 2.24) is 14.6 Å². The Morgan fingerprint density at radius 2 is 2.30 bits per heavy atom. The van der Waals surface area contributed by atoms with E-state index in [1.54, 1.807) is 4.52 Å². The van der Waals surface area contributed by atoms with Gasteiger partial charge in [0.25, 0.3) is 0 Å². The van der Waals surface area contributed by atoms with Crippen LogP contribution in [-0.4, -0.2) is 38.8 Å². The molecule has 3 N–H and O–H groups in total. The van der Waals surface area contributed by atoms with Crippen molar-refractivity contribution in [3.8, 4) is 11.3 Å². The fraction of sp³-hybridized carbons (Fsp3) is 0.267. The van der Waals surface area contributed by atoms with Gasteiger partial charge in [-0.3, -0.25) is 4.79 Å². The Hall–Kier alpha value is -2.45. The molecule has 1 amide bonds. The zero-order valence-corrected chi connectivity index (χ0v) is 13.4. The minimum atomic E-state index is -0.103. The van der Waals surface area contributed by atoms with Crippen LogP contribution in [-0.2, 0) is 4.79 Å². The van der Waals surface area contributed by atoms with Gasteiger partial charge in [-0.2, -0.15) is 0 Å². The highest BCUT2D eigenvalue weighted by atomic mass is 32.1. The molecule has 0 aliphatic heterocycles. The number of aromatic nitrogens is 3. The maximum Gasteiger partial charge on any atom is 0.221 e. The highest BCUT2D eigenvalue weighted by Gasteiger charge is 2.10. The Bertz CT molecular complexity index is 795. The van der Waals surface area contributed by atoms with Gasteiger partial charge in [-0.05, 0) is 18.6 Å². The molecule has 0 unspecified atom stereocenters. The number of aliphatic hydroxyl groups is 1. The minimum Gasteiger partial charge on any atom is -0.396 e. The molecular formula is C15H17N5O2S. The molecule has 7 nitrogen and oxygen atoms in total. The van der Waals surface area contributed by atoms with Crippen LogP contribution in [0.15, 0.2) is 30.5 Å². The second kappa shape index (κ2) is 6.76. The number of hydrogen-bond acceptors (Lipinski definition) is 6. The molecule has 1 aromatic carbocycles. The summed E-state index contributed by atoms with van der Waals surface area (Å²) >= 11 is 1.46. The molecule has 0 fully saturated rings. The average Bonchev–Trinajstić information content (AvgIpc) is 3.05. The minimum absolute atomic E-state index is 0.103. The molecule has 3 aromatic rings. The second-order valence-corrected chi connectivity index (χ2v) is 5.98. The van der Waals surface area contributed by atoms with Crippen LogP contribution in [0.2, 0.25) is 0 Å². The van der Waals surface area contributed by atoms with Crippen molar-refractivity contribution in [2.75, 3.05) is 23.8 Å². The lowest BCUT2D eigenvalue weighted by atomic mass is 10.1. The van der Waals surface area contributed by atoms with Crippen LogP contribution >= 0.6 is 11.3 Å². The lowest BCUT2D eigenvalue weighted by Crippen LogP contribution is -2.05. The standard InChI is InChI=1S/C15H17N5O2S/c1-10(22)17-12-5-2-4-11(8-12)13-9-20-15(18-13)23-14(19-20)16-6-3-7-21/h2,4-5,8-9,21H,3,6-7H2,1H3,(H,16,19)(H,17,22). The van der Waals surface area contributed by atoms with E-state index < -0.39 is 0 Å². The first-order chi connectivity index (χ1) is 11.2. The number of benzene rings is 1. The molecule has 3 rings (SSSR count). The average molecular weight is 331 g/mol. The van der Waals surface area contributed by atoms with Crippen molar-refractivity contribution in [1.29, 1.82) is 0 Å². The molecule has 2 aromatic heterocycles. The van der Waals surface area contributed by atoms with Crippen LogP contribution < -0.4 is 10.6 Å². The van der Waals surface area contributed by atoms with Crippen molar-refractivity contribution < 1.29 is 9.90 Å². The third kappa shape index (κ3) is 3.66. The SMILES string of the molecule is CC(=O)Nc1cccc(-c2cn3nc(NCCCO)sc3n2)c1. The molecule has 120 valence electrons. The largest absolute Gasteiger partial charge is 0.396 e. The van der Waals surface area contributed by atoms with Gasteiger partial charge < -0.3 is 15.7 Å². The molecule has 0 saturated heterocycles. The van der Waals surface area contributed by atoms with E-state index in [9.17, 15) is 4.79 Å². The highest BCUT2D eigenvalue weighted by molar-refractivity contribution is 7.20. The van der Waals surface area contributed by atoms with Crippen LogP contribution in [0, 0.1) is 0 Å². The van der Waals surface area contributed by atoms with Gasteiger partial charge >= 0.3 is 0 Å². The summed E-state index contributed by atoms with van der Waals surface area (Å²) in [5.41, 5.74) is 2.47. The number of imidazole rings is 1. The van der Waals surface area contributed by atoms with Crippen molar-refractivity contribution >= 4 is 33.0 Å². The monoisotopic (exact) mass is 331 g/mol. The smallest absolute Gasteiger partial charge is 0.221 e. The number of hydrogen-bond donors (Lipinski definition) is 3. The first kappa shape index (κ1) is 15.4. The van der Waals surface area contributed by atoms with Gasteiger partial charge in [-0.25, -0.2) is 9.50 Å². The second-order valence-electron chi connectivity index (χ2n) is 5.03. The van der Waals surface area contributed by atoms with E-state index in [2.05, 4.69) is 20.7 Å². The van der Waals surface area contributed by atoms with Crippen LogP contribution in [0.1, 0.15) is 13.3 Å². The van der Waals surface area contributed by atoms with E-state index in [-0.39, 0.29) is 12.5 Å². The van der Waals surface area contributed by atoms with Gasteiger partial charge in [0, 0.05) is 31.3 Å². The van der Waals surface area contributed by atoms with Gasteiger partial charge in [0.15, 0.2) is 0 Å². The molecule has 0 aliphatic rings. The molecule has 0 saturated carbocycles. The predicted octanol–water partition coefficient (Wildman–Crippen LogP) is 2.21. The summed E-state index contributed by atoms with van der Waals surface area (Å²) in [5.74, 6) is -0.103. The molecular weight excluding hydrogens is 314 g/mol. The van der Waals surface area contributed by atoms with E-state index in [4.69, 9.17) is 5.11 Å². The molecule has 0 radical (unpaired) electrons. The number of fused-ring (bicyclic) bond motifs is 1. The molecule has 0 aliphatic carbocycles. The van der Waals surface area contributed by atoms with Gasteiger partial charge in [-0.1, -0.05) is 23.5 Å². The predicted molar refractivity (Wildman–Crippen MR) is 90.8 cm³/mol. The number of carbonyl (C=O) groups excluding carboxylic acids is 1. The number of nitrogens with one attached hydrogen (secondary N) is 2. The fourth-order valence-electron chi connectivity index (χ4n) is 2.14. The Kier molecular flexibility index (Phi) is 4.54. The van der Waals surface area contributed by atoms with E-state index in [0.29, 0.717) is 13.0 Å². The van der Waals surface area contributed by atoms with Crippen molar-refractivity contribution in [3.05, 3.63) is 30.5 Å². The number of carbonyl (C=O) groups is 1. The normalized spacial score (nSPS) is 10.9. The summed E-state index contributed by atoms with van der Waals surface area (Å²) in [6, 6.07) is 7.54. The number of amides is 1. The third-order valence-corrected chi connectivity index (χ3v) is 4.01. The molecule has 8 heteroatoms. The zero-order chi connectivity index (χ0) is 16.2. The van der Waals surface area contributed by atoms with E-state index in [1.807, 2.05) is 30.5 Å². The van der Waals surface area contributed by atoms with Crippen molar-refractivity contribution in [2.45, 2.75) is 13.3 Å². The highest BCUT2D eigenvalue weighted by Crippen LogP contribution is 2.26. The summed E-state index contributed by atoms with van der Waals surface area (Å²) in [6.07, 6.45) is 2.54. The maximum atomic E-state index is 11.1. The Balaban J connectivity index is 1.80. The number of nitrogens with zero attached hydrogens (tertiary/aromatic N) is 3. The Morgan fingerprint density at radius 1 is 1.43 bits per heavy atom. The first-order valence-electron chi connectivity index (χ1n) is 7.24. The molecule has 0 bridgehead atoms. The number of rotatable bonds is 6. The van der Waals surface area contributed by atoms with Crippen LogP contribution in [0.5, 0.6) is 0 Å². The van der Waals surface area contributed by atoms with Crippen molar-refractivity contribution in [2.24, 2.45) is 0 Å². The van der Waals surface area contributed by atoms with Crippen LogP contribution in [0.25, 0.3) is 16.2 Å². The van der Waals surface area contributed by atoms with E-state index in [1.165, 1.54) is 18.3 Å². The molecule has 0 atom stereocenters. The number of aliphatic hydroxyl groups excluding tert-OH is 1. The summed E-state index contributed by atoms with van der Waals surface area (Å²) in [5, 5.41) is 19.9. The zero-order valence-electron chi connectivity index (χ0n) is 12.6. The summed E-state index contributed by atoms with van der Waals surface area (Å²) in [6.45, 7) is 2.32. The Morgan fingerprint density at radius 3 is 3.04 bits per heavy atom. The maximum absolute atomic E-state index is 11.1. The molecule has 23 heavy (non-hydrogen) atoms. The topological polar surface area (TPSA) is 91.6 Å². The molecule has 2 heterocycles. The van der Waals surface area contributed by atoms with E-state index >= 15 is 0 Å². The van der Waals surface area contributed by atoms with Gasteiger partial charge in [-0.15, -0.1) is 5.10 Å². The van der Waals surface area contributed by atoms with Crippen molar-refractivity contribution in [3.63, 3.8) is 0 Å². The van der Waals surface area contributed by atoms with Gasteiger partial charge in [0.2, 0.25) is 16.0 Å². The first-order valence-corrected chi connectivity index (χ1v) is 8.06. The van der Waals surface area contributed by atoms with Crippen LogP contribution in [0.3, 0.4) is 0 Å².